The second-order valence-corrected chi connectivity index (χ2v) is 7.69. The summed E-state index contributed by atoms with van der Waals surface area (Å²) in [5, 5.41) is 17.3. The van der Waals surface area contributed by atoms with Crippen molar-refractivity contribution in [3.05, 3.63) is 75.9 Å². The minimum atomic E-state index is -0.980. The fourth-order valence-corrected chi connectivity index (χ4v) is 3.83. The highest BCUT2D eigenvalue weighted by atomic mass is 35.5. The first kappa shape index (κ1) is 20.0. The minimum absolute atomic E-state index is 0.209. The molecule has 4 rings (SSSR count). The molecule has 0 saturated carbocycles. The van der Waals surface area contributed by atoms with E-state index in [0.29, 0.717) is 22.8 Å². The van der Waals surface area contributed by atoms with E-state index in [9.17, 15) is 9.59 Å². The van der Waals surface area contributed by atoms with Gasteiger partial charge in [-0.25, -0.2) is 9.48 Å². The van der Waals surface area contributed by atoms with Gasteiger partial charge in [-0.15, -0.1) is 0 Å². The molecule has 1 atom stereocenters. The molecule has 2 heterocycles. The Kier molecular flexibility index (Phi) is 5.22. The Morgan fingerprint density at radius 3 is 2.40 bits per heavy atom. The van der Waals surface area contributed by atoms with Crippen molar-refractivity contribution in [2.45, 2.75) is 26.4 Å². The number of carboxylic acid groups (broad SMARTS) is 1. The Balaban J connectivity index is 1.59. The van der Waals surface area contributed by atoms with Crippen molar-refractivity contribution in [1.29, 1.82) is 0 Å². The number of halogens is 1. The molecule has 3 aromatic rings. The maximum atomic E-state index is 13.2. The molecule has 30 heavy (non-hydrogen) atoms. The van der Waals surface area contributed by atoms with E-state index in [1.165, 1.54) is 12.1 Å². The molecule has 2 aromatic carbocycles. The standard InChI is InChI=1S/C22H21ClN4O3/c1-13(15-3-5-16(6-4-15)22(29)30)24-20(28)19-14(2)25-27-12-11-26(21(19)27)18-9-7-17(23)8-10-18/h3-10,13H,11-12H2,1-2H3,(H,24,28)(H,29,30)/t13-/m0/s1. The molecule has 0 saturated heterocycles. The van der Waals surface area contributed by atoms with Crippen LogP contribution in [0, 0.1) is 6.92 Å². The third-order valence-electron chi connectivity index (χ3n) is 5.26. The molecule has 0 bridgehead atoms. The maximum Gasteiger partial charge on any atom is 0.335 e. The van der Waals surface area contributed by atoms with Gasteiger partial charge in [0.05, 0.1) is 23.8 Å². The molecule has 0 radical (unpaired) electrons. The molecule has 0 spiro atoms. The van der Waals surface area contributed by atoms with Crippen LogP contribution < -0.4 is 10.2 Å². The van der Waals surface area contributed by atoms with Crippen LogP contribution >= 0.6 is 11.6 Å². The van der Waals surface area contributed by atoms with Gasteiger partial charge in [0.15, 0.2) is 0 Å². The number of aromatic nitrogens is 2. The first-order valence-electron chi connectivity index (χ1n) is 9.60. The third-order valence-corrected chi connectivity index (χ3v) is 5.51. The summed E-state index contributed by atoms with van der Waals surface area (Å²) >= 11 is 6.01. The van der Waals surface area contributed by atoms with E-state index in [-0.39, 0.29) is 17.5 Å². The lowest BCUT2D eigenvalue weighted by Crippen LogP contribution is -2.28. The summed E-state index contributed by atoms with van der Waals surface area (Å²) in [4.78, 5) is 26.3. The van der Waals surface area contributed by atoms with Gasteiger partial charge < -0.3 is 15.3 Å². The van der Waals surface area contributed by atoms with Crippen LogP contribution in [0.4, 0.5) is 11.5 Å². The van der Waals surface area contributed by atoms with Crippen molar-refractivity contribution in [3.8, 4) is 0 Å². The van der Waals surface area contributed by atoms with Crippen molar-refractivity contribution in [2.75, 3.05) is 11.4 Å². The Morgan fingerprint density at radius 1 is 1.10 bits per heavy atom. The van der Waals surface area contributed by atoms with E-state index < -0.39 is 5.97 Å². The van der Waals surface area contributed by atoms with Crippen molar-refractivity contribution < 1.29 is 14.7 Å². The van der Waals surface area contributed by atoms with Crippen molar-refractivity contribution in [1.82, 2.24) is 15.1 Å². The van der Waals surface area contributed by atoms with Crippen LogP contribution in [0.1, 0.15) is 44.9 Å². The van der Waals surface area contributed by atoms with Gasteiger partial charge in [0.25, 0.3) is 5.91 Å². The lowest BCUT2D eigenvalue weighted by molar-refractivity contribution is 0.0696. The van der Waals surface area contributed by atoms with Crippen LogP contribution in [-0.2, 0) is 6.54 Å². The van der Waals surface area contributed by atoms with E-state index >= 15 is 0 Å². The molecule has 8 heteroatoms. The van der Waals surface area contributed by atoms with Crippen LogP contribution in [0.5, 0.6) is 0 Å². The molecular weight excluding hydrogens is 404 g/mol. The van der Waals surface area contributed by atoms with Gasteiger partial charge >= 0.3 is 5.97 Å². The van der Waals surface area contributed by atoms with Gasteiger partial charge in [-0.3, -0.25) is 4.79 Å². The summed E-state index contributed by atoms with van der Waals surface area (Å²) in [6.45, 7) is 5.10. The molecule has 1 aromatic heterocycles. The zero-order valence-corrected chi connectivity index (χ0v) is 17.3. The molecule has 2 N–H and O–H groups in total. The number of carboxylic acids is 1. The van der Waals surface area contributed by atoms with Crippen LogP contribution in [0.15, 0.2) is 48.5 Å². The van der Waals surface area contributed by atoms with Crippen LogP contribution in [0.3, 0.4) is 0 Å². The number of rotatable bonds is 5. The van der Waals surface area contributed by atoms with Crippen LogP contribution in [0.2, 0.25) is 5.02 Å². The SMILES string of the molecule is Cc1nn2c(c1C(=O)N[C@@H](C)c1ccc(C(=O)O)cc1)N(c1ccc(Cl)cc1)CC2. The molecule has 0 unspecified atom stereocenters. The monoisotopic (exact) mass is 424 g/mol. The number of aromatic carboxylic acids is 1. The van der Waals surface area contributed by atoms with Gasteiger partial charge in [-0.1, -0.05) is 23.7 Å². The Hall–Kier alpha value is -3.32. The van der Waals surface area contributed by atoms with Gasteiger partial charge in [0.1, 0.15) is 11.4 Å². The number of amides is 1. The van der Waals surface area contributed by atoms with E-state index in [1.54, 1.807) is 12.1 Å². The minimum Gasteiger partial charge on any atom is -0.478 e. The second kappa shape index (κ2) is 7.84. The summed E-state index contributed by atoms with van der Waals surface area (Å²) in [6, 6.07) is 13.7. The number of hydrogen-bond acceptors (Lipinski definition) is 4. The predicted octanol–water partition coefficient (Wildman–Crippen LogP) is 4.19. The van der Waals surface area contributed by atoms with E-state index in [4.69, 9.17) is 16.7 Å². The molecular formula is C22H21ClN4O3. The number of nitrogens with zero attached hydrogens (tertiary/aromatic N) is 3. The highest BCUT2D eigenvalue weighted by Crippen LogP contribution is 2.35. The normalized spacial score (nSPS) is 13.8. The maximum absolute atomic E-state index is 13.2. The van der Waals surface area contributed by atoms with Crippen LogP contribution in [0.25, 0.3) is 0 Å². The summed E-state index contributed by atoms with van der Waals surface area (Å²) < 4.78 is 1.85. The first-order chi connectivity index (χ1) is 14.3. The summed E-state index contributed by atoms with van der Waals surface area (Å²) in [7, 11) is 0. The zero-order valence-electron chi connectivity index (χ0n) is 16.6. The fraction of sp³-hybridized carbons (Fsp3) is 0.227. The topological polar surface area (TPSA) is 87.5 Å². The number of hydrogen-bond donors (Lipinski definition) is 2. The quantitative estimate of drug-likeness (QED) is 0.641. The van der Waals surface area contributed by atoms with Gasteiger partial charge in [-0.05, 0) is 55.8 Å². The molecule has 154 valence electrons. The largest absolute Gasteiger partial charge is 0.478 e. The lowest BCUT2D eigenvalue weighted by Gasteiger charge is -2.20. The second-order valence-electron chi connectivity index (χ2n) is 7.26. The summed E-state index contributed by atoms with van der Waals surface area (Å²) in [5.74, 6) is -0.434. The zero-order chi connectivity index (χ0) is 21.4. The molecule has 1 aliphatic rings. The number of carbonyl (C=O) groups is 2. The first-order valence-corrected chi connectivity index (χ1v) is 9.97. The number of fused-ring (bicyclic) bond motifs is 1. The highest BCUT2D eigenvalue weighted by Gasteiger charge is 2.31. The van der Waals surface area contributed by atoms with Crippen molar-refractivity contribution in [3.63, 3.8) is 0 Å². The number of anilines is 2. The van der Waals surface area contributed by atoms with Gasteiger partial charge in [0, 0.05) is 17.3 Å². The highest BCUT2D eigenvalue weighted by molar-refractivity contribution is 6.30. The van der Waals surface area contributed by atoms with E-state index in [2.05, 4.69) is 15.3 Å². The van der Waals surface area contributed by atoms with Crippen molar-refractivity contribution in [2.24, 2.45) is 0 Å². The number of benzene rings is 2. The van der Waals surface area contributed by atoms with Crippen LogP contribution in [-0.4, -0.2) is 33.3 Å². The van der Waals surface area contributed by atoms with Gasteiger partial charge in [0.2, 0.25) is 0 Å². The number of nitrogens with one attached hydrogen (secondary N) is 1. The molecule has 1 aliphatic heterocycles. The number of carbonyl (C=O) groups excluding carboxylic acids is 1. The predicted molar refractivity (Wildman–Crippen MR) is 115 cm³/mol. The Labute approximate surface area is 178 Å². The Morgan fingerprint density at radius 2 is 1.77 bits per heavy atom. The van der Waals surface area contributed by atoms with Crippen molar-refractivity contribution >= 4 is 35.0 Å². The average molecular weight is 425 g/mol. The molecule has 0 aliphatic carbocycles. The van der Waals surface area contributed by atoms with Gasteiger partial charge in [-0.2, -0.15) is 5.10 Å². The molecule has 1 amide bonds. The Bertz CT molecular complexity index is 1110. The molecule has 0 fully saturated rings. The summed E-state index contributed by atoms with van der Waals surface area (Å²) in [5.41, 5.74) is 3.18. The smallest absolute Gasteiger partial charge is 0.335 e. The third kappa shape index (κ3) is 3.64. The summed E-state index contributed by atoms with van der Waals surface area (Å²) in [6.07, 6.45) is 0. The number of aryl methyl sites for hydroxylation is 1. The van der Waals surface area contributed by atoms with E-state index in [1.807, 2.05) is 42.8 Å². The van der Waals surface area contributed by atoms with E-state index in [0.717, 1.165) is 23.6 Å². The fourth-order valence-electron chi connectivity index (χ4n) is 3.70. The molecule has 7 nitrogen and oxygen atoms in total. The average Bonchev–Trinajstić information content (AvgIpc) is 3.26. The lowest BCUT2D eigenvalue weighted by atomic mass is 10.1.